The van der Waals surface area contributed by atoms with Crippen LogP contribution in [0.5, 0.6) is 0 Å². The molecule has 1 aliphatic heterocycles. The van der Waals surface area contributed by atoms with Gasteiger partial charge in [0.1, 0.15) is 5.82 Å². The number of amides is 1. The highest BCUT2D eigenvalue weighted by Gasteiger charge is 2.25. The van der Waals surface area contributed by atoms with Crippen LogP contribution in [-0.4, -0.2) is 62.1 Å². The second kappa shape index (κ2) is 11.1. The van der Waals surface area contributed by atoms with E-state index in [4.69, 9.17) is 4.74 Å². The number of benzene rings is 2. The Kier molecular flexibility index (Phi) is 8.20. The lowest BCUT2D eigenvalue weighted by Crippen LogP contribution is -2.37. The van der Waals surface area contributed by atoms with E-state index in [9.17, 15) is 9.18 Å². The Hall–Kier alpha value is -2.24. The summed E-state index contributed by atoms with van der Waals surface area (Å²) in [5.41, 5.74) is 2.33. The summed E-state index contributed by atoms with van der Waals surface area (Å²) in [7, 11) is 1.72. The number of hydrogen-bond donors (Lipinski definition) is 0. The fourth-order valence-electron chi connectivity index (χ4n) is 3.94. The fourth-order valence-corrected chi connectivity index (χ4v) is 3.94. The van der Waals surface area contributed by atoms with Crippen molar-refractivity contribution in [1.82, 2.24) is 9.80 Å². The van der Waals surface area contributed by atoms with Crippen molar-refractivity contribution in [2.24, 2.45) is 5.92 Å². The number of aryl methyl sites for hydroxylation is 1. The Bertz CT molecular complexity index is 751. The predicted molar refractivity (Wildman–Crippen MR) is 113 cm³/mol. The van der Waals surface area contributed by atoms with Crippen molar-refractivity contribution in [1.29, 1.82) is 0 Å². The molecule has 0 radical (unpaired) electrons. The Morgan fingerprint density at radius 3 is 2.45 bits per heavy atom. The molecule has 2 aromatic rings. The molecule has 2 aromatic carbocycles. The number of halogens is 1. The average Bonchev–Trinajstić information content (AvgIpc) is 2.95. The van der Waals surface area contributed by atoms with Gasteiger partial charge in [0, 0.05) is 52.2 Å². The van der Waals surface area contributed by atoms with Gasteiger partial charge in [-0.15, -0.1) is 0 Å². The average molecular weight is 399 g/mol. The lowest BCUT2D eigenvalue weighted by Gasteiger charge is -2.24. The maximum absolute atomic E-state index is 13.1. The first-order valence-electron chi connectivity index (χ1n) is 10.4. The highest BCUT2D eigenvalue weighted by molar-refractivity contribution is 5.76. The zero-order valence-corrected chi connectivity index (χ0v) is 17.2. The molecular formula is C24H31FN2O2. The minimum atomic E-state index is -0.245. The Balaban J connectivity index is 1.53. The summed E-state index contributed by atoms with van der Waals surface area (Å²) in [5.74, 6) is 0.235. The number of hydrogen-bond acceptors (Lipinski definition) is 3. The van der Waals surface area contributed by atoms with E-state index in [2.05, 4.69) is 29.2 Å². The highest BCUT2D eigenvalue weighted by Crippen LogP contribution is 2.14. The van der Waals surface area contributed by atoms with Gasteiger partial charge < -0.3 is 14.5 Å². The quantitative estimate of drug-likeness (QED) is 0.683. The topological polar surface area (TPSA) is 32.8 Å². The van der Waals surface area contributed by atoms with Gasteiger partial charge in [-0.25, -0.2) is 4.39 Å². The van der Waals surface area contributed by atoms with Crippen LogP contribution in [0.25, 0.3) is 0 Å². The van der Waals surface area contributed by atoms with Crippen molar-refractivity contribution in [2.45, 2.75) is 19.3 Å². The lowest BCUT2D eigenvalue weighted by molar-refractivity contribution is -0.131. The fraction of sp³-hybridized carbons (Fsp3) is 0.458. The molecule has 0 aliphatic carbocycles. The summed E-state index contributed by atoms with van der Waals surface area (Å²) in [4.78, 5) is 17.2. The van der Waals surface area contributed by atoms with Crippen LogP contribution in [0.2, 0.25) is 0 Å². The molecule has 0 saturated carbocycles. The van der Waals surface area contributed by atoms with Crippen LogP contribution in [0.3, 0.4) is 0 Å². The van der Waals surface area contributed by atoms with Crippen molar-refractivity contribution in [3.05, 3.63) is 71.5 Å². The minimum Gasteiger partial charge on any atom is -0.384 e. The van der Waals surface area contributed by atoms with Gasteiger partial charge in [-0.3, -0.25) is 4.79 Å². The van der Waals surface area contributed by atoms with E-state index in [1.54, 1.807) is 19.2 Å². The smallest absolute Gasteiger partial charge is 0.222 e. The molecule has 0 unspecified atom stereocenters. The maximum Gasteiger partial charge on any atom is 0.222 e. The number of nitrogens with zero attached hydrogens (tertiary/aromatic N) is 2. The van der Waals surface area contributed by atoms with E-state index in [1.165, 1.54) is 17.7 Å². The highest BCUT2D eigenvalue weighted by atomic mass is 19.1. The second-order valence-electron chi connectivity index (χ2n) is 7.82. The normalized spacial score (nSPS) is 17.9. The van der Waals surface area contributed by atoms with Gasteiger partial charge in [-0.2, -0.15) is 0 Å². The largest absolute Gasteiger partial charge is 0.384 e. The van der Waals surface area contributed by atoms with Gasteiger partial charge in [0.2, 0.25) is 5.91 Å². The molecule has 156 valence electrons. The SMILES string of the molecule is COC[C@@H]1CN(CCc2ccccc2)CCN(C(=O)CCc2ccc(F)cc2)C1. The van der Waals surface area contributed by atoms with Crippen LogP contribution in [0, 0.1) is 11.7 Å². The molecule has 5 heteroatoms. The summed E-state index contributed by atoms with van der Waals surface area (Å²) in [6.07, 6.45) is 2.11. The Morgan fingerprint density at radius 2 is 1.72 bits per heavy atom. The number of methoxy groups -OCH3 is 1. The molecule has 0 N–H and O–H groups in total. The van der Waals surface area contributed by atoms with Crippen molar-refractivity contribution < 1.29 is 13.9 Å². The van der Waals surface area contributed by atoms with Gasteiger partial charge in [-0.1, -0.05) is 42.5 Å². The van der Waals surface area contributed by atoms with Crippen LogP contribution in [-0.2, 0) is 22.4 Å². The molecule has 0 bridgehead atoms. The van der Waals surface area contributed by atoms with E-state index < -0.39 is 0 Å². The summed E-state index contributed by atoms with van der Waals surface area (Å²) >= 11 is 0. The summed E-state index contributed by atoms with van der Waals surface area (Å²) < 4.78 is 18.5. The van der Waals surface area contributed by atoms with Gasteiger partial charge in [0.05, 0.1) is 6.61 Å². The molecule has 1 heterocycles. The predicted octanol–water partition coefficient (Wildman–Crippen LogP) is 3.41. The summed E-state index contributed by atoms with van der Waals surface area (Å²) in [6, 6.07) is 16.9. The molecule has 1 fully saturated rings. The van der Waals surface area contributed by atoms with Gasteiger partial charge in [-0.05, 0) is 36.1 Å². The van der Waals surface area contributed by atoms with Gasteiger partial charge >= 0.3 is 0 Å². The third-order valence-electron chi connectivity index (χ3n) is 5.54. The first-order valence-corrected chi connectivity index (χ1v) is 10.4. The molecular weight excluding hydrogens is 367 g/mol. The lowest BCUT2D eigenvalue weighted by atomic mass is 10.1. The zero-order chi connectivity index (χ0) is 20.5. The monoisotopic (exact) mass is 398 g/mol. The molecule has 29 heavy (non-hydrogen) atoms. The van der Waals surface area contributed by atoms with Crippen LogP contribution in [0.4, 0.5) is 4.39 Å². The number of ether oxygens (including phenoxy) is 1. The second-order valence-corrected chi connectivity index (χ2v) is 7.82. The van der Waals surface area contributed by atoms with E-state index in [0.717, 1.165) is 44.7 Å². The van der Waals surface area contributed by atoms with Crippen LogP contribution >= 0.6 is 0 Å². The van der Waals surface area contributed by atoms with Crippen molar-refractivity contribution in [3.8, 4) is 0 Å². The maximum atomic E-state index is 13.1. The van der Waals surface area contributed by atoms with Gasteiger partial charge in [0.15, 0.2) is 0 Å². The third-order valence-corrected chi connectivity index (χ3v) is 5.54. The molecule has 0 aromatic heterocycles. The summed E-state index contributed by atoms with van der Waals surface area (Å²) in [5, 5.41) is 0. The molecule has 0 spiro atoms. The Morgan fingerprint density at radius 1 is 1.00 bits per heavy atom. The van der Waals surface area contributed by atoms with E-state index in [1.807, 2.05) is 11.0 Å². The van der Waals surface area contributed by atoms with Crippen molar-refractivity contribution in [3.63, 3.8) is 0 Å². The first-order chi connectivity index (χ1) is 14.1. The van der Waals surface area contributed by atoms with E-state index >= 15 is 0 Å². The van der Waals surface area contributed by atoms with E-state index in [-0.39, 0.29) is 11.7 Å². The minimum absolute atomic E-state index is 0.167. The number of carbonyl (C=O) groups excluding carboxylic acids is 1. The Labute approximate surface area is 173 Å². The van der Waals surface area contributed by atoms with Crippen LogP contribution < -0.4 is 0 Å². The molecule has 1 aliphatic rings. The first kappa shape index (κ1) is 21.5. The van der Waals surface area contributed by atoms with E-state index in [0.29, 0.717) is 25.4 Å². The number of carbonyl (C=O) groups is 1. The van der Waals surface area contributed by atoms with Crippen molar-refractivity contribution in [2.75, 3.05) is 46.4 Å². The van der Waals surface area contributed by atoms with Gasteiger partial charge in [0.25, 0.3) is 0 Å². The molecule has 1 atom stereocenters. The number of rotatable bonds is 8. The molecule has 3 rings (SSSR count). The van der Waals surface area contributed by atoms with Crippen molar-refractivity contribution >= 4 is 5.91 Å². The standard InChI is InChI=1S/C24H31FN2O2/c1-29-19-22-17-26(14-13-20-5-3-2-4-6-20)15-16-27(18-22)24(28)12-9-21-7-10-23(25)11-8-21/h2-8,10-11,22H,9,12-19H2,1H3/t22-/m1/s1. The molecule has 4 nitrogen and oxygen atoms in total. The molecule has 1 saturated heterocycles. The third kappa shape index (κ3) is 6.94. The van der Waals surface area contributed by atoms with Crippen LogP contribution in [0.1, 0.15) is 17.5 Å². The summed E-state index contributed by atoms with van der Waals surface area (Å²) in [6.45, 7) is 4.96. The van der Waals surface area contributed by atoms with Crippen LogP contribution in [0.15, 0.2) is 54.6 Å². The molecule has 1 amide bonds. The zero-order valence-electron chi connectivity index (χ0n) is 17.2.